The second-order valence-electron chi connectivity index (χ2n) is 6.91. The topological polar surface area (TPSA) is 78.5 Å². The highest BCUT2D eigenvalue weighted by Gasteiger charge is 2.25. The van der Waals surface area contributed by atoms with Crippen molar-refractivity contribution in [2.45, 2.75) is 18.8 Å². The number of hydrogen-bond acceptors (Lipinski definition) is 5. The summed E-state index contributed by atoms with van der Waals surface area (Å²) in [6.45, 7) is 0. The smallest absolute Gasteiger partial charge is 0.229 e. The van der Waals surface area contributed by atoms with Gasteiger partial charge in [0, 0.05) is 33.6 Å². The van der Waals surface area contributed by atoms with Gasteiger partial charge in [0.05, 0.1) is 11.2 Å². The molecule has 2 aromatic carbocycles. The molecule has 0 spiro atoms. The van der Waals surface area contributed by atoms with Crippen molar-refractivity contribution in [3.63, 3.8) is 0 Å². The van der Waals surface area contributed by atoms with E-state index in [0.717, 1.165) is 21.6 Å². The maximum atomic E-state index is 14.0. The first-order chi connectivity index (χ1) is 14.0. The zero-order chi connectivity index (χ0) is 20.0. The molecule has 1 saturated carbocycles. The fourth-order valence-corrected chi connectivity index (χ4v) is 3.45. The lowest BCUT2D eigenvalue weighted by Crippen LogP contribution is -2.03. The molecular weight excluding hydrogens is 442 g/mol. The predicted molar refractivity (Wildman–Crippen MR) is 111 cm³/mol. The lowest BCUT2D eigenvalue weighted by molar-refractivity contribution is 0.586. The van der Waals surface area contributed by atoms with Crippen LogP contribution in [0.5, 0.6) is 0 Å². The Hall–Kier alpha value is -3.07. The van der Waals surface area contributed by atoms with Crippen LogP contribution >= 0.6 is 15.9 Å². The first-order valence-electron chi connectivity index (χ1n) is 9.07. The summed E-state index contributed by atoms with van der Waals surface area (Å²) in [5.74, 6) is 0.532. The van der Waals surface area contributed by atoms with Crippen LogP contribution in [0.2, 0.25) is 0 Å². The third-order valence-electron chi connectivity index (χ3n) is 4.70. The molecule has 2 aromatic heterocycles. The number of H-pyrrole nitrogens is 1. The maximum Gasteiger partial charge on any atom is 0.229 e. The number of nitrogens with one attached hydrogen (secondary N) is 3. The zero-order valence-electron chi connectivity index (χ0n) is 15.0. The van der Waals surface area contributed by atoms with Crippen molar-refractivity contribution in [2.24, 2.45) is 0 Å². The highest BCUT2D eigenvalue weighted by Crippen LogP contribution is 2.40. The van der Waals surface area contributed by atoms with E-state index in [-0.39, 0.29) is 11.6 Å². The van der Waals surface area contributed by atoms with E-state index in [2.05, 4.69) is 46.7 Å². The minimum Gasteiger partial charge on any atom is -0.323 e. The highest BCUT2D eigenvalue weighted by molar-refractivity contribution is 9.10. The fourth-order valence-electron chi connectivity index (χ4n) is 3.09. The van der Waals surface area contributed by atoms with Crippen LogP contribution in [0.15, 0.2) is 46.9 Å². The second-order valence-corrected chi connectivity index (χ2v) is 7.83. The van der Waals surface area contributed by atoms with Crippen molar-refractivity contribution in [3.8, 4) is 0 Å². The first kappa shape index (κ1) is 18.0. The number of benzene rings is 2. The Morgan fingerprint density at radius 1 is 1.00 bits per heavy atom. The molecular formula is C20H15BrF2N6. The molecule has 4 aromatic rings. The van der Waals surface area contributed by atoms with E-state index in [9.17, 15) is 8.78 Å². The number of aromatic amines is 1. The normalized spacial score (nSPS) is 13.6. The minimum atomic E-state index is -0.722. The molecule has 3 N–H and O–H groups in total. The van der Waals surface area contributed by atoms with Gasteiger partial charge in [0.2, 0.25) is 5.95 Å². The Morgan fingerprint density at radius 3 is 2.66 bits per heavy atom. The summed E-state index contributed by atoms with van der Waals surface area (Å²) in [7, 11) is 0. The summed E-state index contributed by atoms with van der Waals surface area (Å²) in [5, 5.41) is 14.2. The number of halogens is 3. The van der Waals surface area contributed by atoms with Crippen LogP contribution < -0.4 is 10.6 Å². The average molecular weight is 457 g/mol. The summed E-state index contributed by atoms with van der Waals surface area (Å²) in [6, 6.07) is 10.8. The second kappa shape index (κ2) is 7.07. The minimum absolute atomic E-state index is 0.0876. The quantitative estimate of drug-likeness (QED) is 0.355. The lowest BCUT2D eigenvalue weighted by atomic mass is 10.2. The average Bonchev–Trinajstić information content (AvgIpc) is 3.44. The number of nitrogens with zero attached hydrogens (tertiary/aromatic N) is 3. The fraction of sp³-hybridized carbons (Fsp3) is 0.150. The third-order valence-corrected chi connectivity index (χ3v) is 5.19. The molecule has 0 atom stereocenters. The lowest BCUT2D eigenvalue weighted by Gasteiger charge is -2.11. The Labute approximate surface area is 172 Å². The molecule has 0 unspecified atom stereocenters. The number of hydrogen-bond donors (Lipinski definition) is 3. The monoisotopic (exact) mass is 456 g/mol. The van der Waals surface area contributed by atoms with Crippen LogP contribution in [-0.4, -0.2) is 20.2 Å². The van der Waals surface area contributed by atoms with Gasteiger partial charge in [0.1, 0.15) is 17.5 Å². The Morgan fingerprint density at radius 2 is 1.86 bits per heavy atom. The van der Waals surface area contributed by atoms with Crippen LogP contribution in [-0.2, 0) is 0 Å². The number of rotatable bonds is 5. The highest BCUT2D eigenvalue weighted by atomic mass is 79.9. The van der Waals surface area contributed by atoms with Crippen LogP contribution in [0.4, 0.5) is 32.1 Å². The van der Waals surface area contributed by atoms with Crippen molar-refractivity contribution in [2.75, 3.05) is 10.6 Å². The van der Waals surface area contributed by atoms with Gasteiger partial charge in [0.25, 0.3) is 0 Å². The molecule has 1 aliphatic carbocycles. The summed E-state index contributed by atoms with van der Waals surface area (Å²) in [4.78, 5) is 8.95. The zero-order valence-corrected chi connectivity index (χ0v) is 16.6. The van der Waals surface area contributed by atoms with Crippen LogP contribution in [0.1, 0.15) is 24.5 Å². The molecule has 146 valence electrons. The molecule has 2 heterocycles. The molecule has 5 rings (SSSR count). The number of fused-ring (bicyclic) bond motifs is 1. The van der Waals surface area contributed by atoms with E-state index in [1.54, 1.807) is 0 Å². The molecule has 1 fully saturated rings. The van der Waals surface area contributed by atoms with Crippen molar-refractivity contribution in [1.29, 1.82) is 0 Å². The van der Waals surface area contributed by atoms with Crippen molar-refractivity contribution in [3.05, 3.63) is 64.3 Å². The Kier molecular flexibility index (Phi) is 4.39. The molecule has 0 saturated heterocycles. The summed E-state index contributed by atoms with van der Waals surface area (Å²) in [5.41, 5.74) is 1.84. The standard InChI is InChI=1S/C20H15BrF2N6/c21-11-3-5-15-13(7-11)19(26-18-9-17(28-29-18)10-1-2-10)27-20(24-15)25-16-6-4-12(22)8-14(16)23/h3-10H,1-2H2,(H3,24,25,26,27,28,29). The molecule has 1 aliphatic rings. The molecule has 29 heavy (non-hydrogen) atoms. The van der Waals surface area contributed by atoms with E-state index in [1.807, 2.05) is 24.3 Å². The summed E-state index contributed by atoms with van der Waals surface area (Å²) >= 11 is 3.47. The van der Waals surface area contributed by atoms with E-state index in [4.69, 9.17) is 0 Å². The van der Waals surface area contributed by atoms with Crippen molar-refractivity contribution < 1.29 is 8.78 Å². The first-order valence-corrected chi connectivity index (χ1v) is 9.86. The Balaban J connectivity index is 1.53. The van der Waals surface area contributed by atoms with E-state index in [1.165, 1.54) is 25.0 Å². The Bertz CT molecular complexity index is 1220. The molecule has 0 radical (unpaired) electrons. The van der Waals surface area contributed by atoms with E-state index >= 15 is 0 Å². The molecule has 6 nitrogen and oxygen atoms in total. The van der Waals surface area contributed by atoms with Crippen molar-refractivity contribution >= 4 is 50.1 Å². The molecule has 0 aliphatic heterocycles. The van der Waals surface area contributed by atoms with Gasteiger partial charge in [-0.15, -0.1) is 0 Å². The van der Waals surface area contributed by atoms with Gasteiger partial charge < -0.3 is 10.6 Å². The van der Waals surface area contributed by atoms with Crippen LogP contribution in [0, 0.1) is 11.6 Å². The molecule has 0 bridgehead atoms. The molecule has 9 heteroatoms. The molecule has 0 amide bonds. The maximum absolute atomic E-state index is 14.0. The van der Waals surface area contributed by atoms with Gasteiger partial charge in [-0.3, -0.25) is 5.10 Å². The third kappa shape index (κ3) is 3.77. The summed E-state index contributed by atoms with van der Waals surface area (Å²) < 4.78 is 28.1. The van der Waals surface area contributed by atoms with Gasteiger partial charge in [-0.2, -0.15) is 10.1 Å². The van der Waals surface area contributed by atoms with E-state index < -0.39 is 11.6 Å². The van der Waals surface area contributed by atoms with E-state index in [0.29, 0.717) is 23.1 Å². The number of anilines is 4. The van der Waals surface area contributed by atoms with Gasteiger partial charge in [-0.05, 0) is 43.2 Å². The van der Waals surface area contributed by atoms with Crippen LogP contribution in [0.3, 0.4) is 0 Å². The SMILES string of the molecule is Fc1ccc(Nc2nc(Nc3cc(C4CC4)[nH]n3)c3cc(Br)ccc3n2)c(F)c1. The number of aromatic nitrogens is 4. The van der Waals surface area contributed by atoms with Gasteiger partial charge in [0.15, 0.2) is 5.82 Å². The predicted octanol–water partition coefficient (Wildman–Crippen LogP) is 5.76. The van der Waals surface area contributed by atoms with Gasteiger partial charge in [-0.1, -0.05) is 15.9 Å². The summed E-state index contributed by atoms with van der Waals surface area (Å²) in [6.07, 6.45) is 2.34. The van der Waals surface area contributed by atoms with Crippen LogP contribution in [0.25, 0.3) is 10.9 Å². The largest absolute Gasteiger partial charge is 0.323 e. The van der Waals surface area contributed by atoms with Crippen molar-refractivity contribution in [1.82, 2.24) is 20.2 Å². The van der Waals surface area contributed by atoms with Gasteiger partial charge >= 0.3 is 0 Å². The van der Waals surface area contributed by atoms with Gasteiger partial charge in [-0.25, -0.2) is 13.8 Å².